The van der Waals surface area contributed by atoms with Gasteiger partial charge in [-0.2, -0.15) is 0 Å². The minimum atomic E-state index is -0.333. The van der Waals surface area contributed by atoms with Crippen molar-refractivity contribution >= 4 is 46.5 Å². The van der Waals surface area contributed by atoms with Crippen LogP contribution in [0.15, 0.2) is 36.4 Å². The Hall–Kier alpha value is -2.64. The van der Waals surface area contributed by atoms with E-state index in [0.29, 0.717) is 46.0 Å². The highest BCUT2D eigenvalue weighted by atomic mass is 35.5. The van der Waals surface area contributed by atoms with Gasteiger partial charge in [-0.05, 0) is 30.3 Å². The number of ether oxygens (including phenoxy) is 2. The first-order valence-corrected chi connectivity index (χ1v) is 8.98. The molecule has 1 fully saturated rings. The Morgan fingerprint density at radius 3 is 2.70 bits per heavy atom. The zero-order chi connectivity index (χ0) is 19.0. The van der Waals surface area contributed by atoms with Crippen molar-refractivity contribution < 1.29 is 19.1 Å². The van der Waals surface area contributed by atoms with Crippen LogP contribution >= 0.6 is 23.2 Å². The number of amides is 3. The summed E-state index contributed by atoms with van der Waals surface area (Å²) in [4.78, 5) is 28.0. The van der Waals surface area contributed by atoms with Gasteiger partial charge < -0.3 is 19.7 Å². The lowest BCUT2D eigenvalue weighted by atomic mass is 10.2. The number of anilines is 2. The van der Waals surface area contributed by atoms with Crippen LogP contribution in [0.25, 0.3) is 0 Å². The monoisotopic (exact) mass is 407 g/mol. The first kappa shape index (κ1) is 17.8. The summed E-state index contributed by atoms with van der Waals surface area (Å²) in [6.45, 7) is 1.02. The maximum absolute atomic E-state index is 12.7. The number of halogens is 2. The van der Waals surface area contributed by atoms with Gasteiger partial charge in [0.2, 0.25) is 12.7 Å². The highest BCUT2D eigenvalue weighted by molar-refractivity contribution is 6.36. The molecule has 2 heterocycles. The first-order chi connectivity index (χ1) is 13.0. The molecule has 1 N–H and O–H groups in total. The summed E-state index contributed by atoms with van der Waals surface area (Å²) < 4.78 is 10.6. The fourth-order valence-electron chi connectivity index (χ4n) is 2.98. The van der Waals surface area contributed by atoms with Crippen molar-refractivity contribution in [3.63, 3.8) is 0 Å². The van der Waals surface area contributed by atoms with E-state index < -0.39 is 0 Å². The zero-order valence-electron chi connectivity index (χ0n) is 14.1. The molecule has 2 aliphatic heterocycles. The molecule has 140 valence electrons. The van der Waals surface area contributed by atoms with Gasteiger partial charge in [0.15, 0.2) is 11.5 Å². The number of fused-ring (bicyclic) bond motifs is 1. The maximum Gasteiger partial charge on any atom is 0.325 e. The van der Waals surface area contributed by atoms with Crippen molar-refractivity contribution in [3.05, 3.63) is 46.4 Å². The third-order valence-electron chi connectivity index (χ3n) is 4.30. The van der Waals surface area contributed by atoms with Crippen molar-refractivity contribution in [2.24, 2.45) is 0 Å². The lowest BCUT2D eigenvalue weighted by Gasteiger charge is -2.19. The lowest BCUT2D eigenvalue weighted by molar-refractivity contribution is -0.116. The number of carbonyl (C=O) groups excluding carboxylic acids is 2. The lowest BCUT2D eigenvalue weighted by Crippen LogP contribution is -2.37. The van der Waals surface area contributed by atoms with Crippen LogP contribution in [0.4, 0.5) is 16.2 Å². The summed E-state index contributed by atoms with van der Waals surface area (Å²) >= 11 is 11.9. The number of nitrogens with zero attached hydrogens (tertiary/aromatic N) is 2. The molecule has 0 spiro atoms. The van der Waals surface area contributed by atoms with Gasteiger partial charge in [-0.15, -0.1) is 0 Å². The zero-order valence-corrected chi connectivity index (χ0v) is 15.6. The van der Waals surface area contributed by atoms with Crippen LogP contribution in [-0.4, -0.2) is 43.3 Å². The number of nitrogens with one attached hydrogen (secondary N) is 1. The van der Waals surface area contributed by atoms with E-state index in [4.69, 9.17) is 32.7 Å². The average molecular weight is 408 g/mol. The van der Waals surface area contributed by atoms with Crippen LogP contribution in [0.1, 0.15) is 0 Å². The van der Waals surface area contributed by atoms with E-state index in [9.17, 15) is 9.59 Å². The molecule has 0 atom stereocenters. The van der Waals surface area contributed by atoms with Crippen LogP contribution in [0, 0.1) is 0 Å². The van der Waals surface area contributed by atoms with Gasteiger partial charge in [-0.3, -0.25) is 9.69 Å². The minimum absolute atomic E-state index is 0.0706. The van der Waals surface area contributed by atoms with E-state index in [0.717, 1.165) is 0 Å². The van der Waals surface area contributed by atoms with E-state index in [1.165, 1.54) is 4.90 Å². The fraction of sp³-hybridized carbons (Fsp3) is 0.222. The Balaban J connectivity index is 1.40. The van der Waals surface area contributed by atoms with Crippen LogP contribution in [0.3, 0.4) is 0 Å². The normalized spacial score (nSPS) is 15.4. The molecule has 2 aromatic carbocycles. The van der Waals surface area contributed by atoms with Crippen molar-refractivity contribution in [2.75, 3.05) is 36.6 Å². The van der Waals surface area contributed by atoms with E-state index in [1.54, 1.807) is 41.3 Å². The quantitative estimate of drug-likeness (QED) is 0.840. The van der Waals surface area contributed by atoms with Crippen LogP contribution in [0.5, 0.6) is 11.5 Å². The second-order valence-electron chi connectivity index (χ2n) is 6.07. The van der Waals surface area contributed by atoms with Crippen LogP contribution in [0.2, 0.25) is 10.0 Å². The van der Waals surface area contributed by atoms with Gasteiger partial charge in [0.05, 0.1) is 10.7 Å². The largest absolute Gasteiger partial charge is 0.454 e. The fourth-order valence-corrected chi connectivity index (χ4v) is 3.43. The molecule has 27 heavy (non-hydrogen) atoms. The molecule has 1 saturated heterocycles. The van der Waals surface area contributed by atoms with E-state index in [-0.39, 0.29) is 25.3 Å². The Morgan fingerprint density at radius 2 is 1.89 bits per heavy atom. The molecule has 4 rings (SSSR count). The highest BCUT2D eigenvalue weighted by Gasteiger charge is 2.31. The molecule has 0 aliphatic carbocycles. The van der Waals surface area contributed by atoms with Crippen molar-refractivity contribution in [1.29, 1.82) is 0 Å². The third kappa shape index (κ3) is 3.61. The number of urea groups is 1. The Kier molecular flexibility index (Phi) is 4.72. The molecule has 2 aliphatic rings. The summed E-state index contributed by atoms with van der Waals surface area (Å²) in [7, 11) is 0. The van der Waals surface area contributed by atoms with Gasteiger partial charge >= 0.3 is 6.03 Å². The summed E-state index contributed by atoms with van der Waals surface area (Å²) in [5.74, 6) is 0.926. The van der Waals surface area contributed by atoms with Crippen LogP contribution in [-0.2, 0) is 4.79 Å². The second-order valence-corrected chi connectivity index (χ2v) is 6.91. The number of carbonyl (C=O) groups is 2. The summed E-state index contributed by atoms with van der Waals surface area (Å²) in [6.07, 6.45) is 0. The molecule has 0 radical (unpaired) electrons. The second kappa shape index (κ2) is 7.17. The van der Waals surface area contributed by atoms with Crippen molar-refractivity contribution in [2.45, 2.75) is 0 Å². The minimum Gasteiger partial charge on any atom is -0.454 e. The molecule has 0 saturated carbocycles. The molecule has 2 aromatic rings. The number of hydrogen-bond donors (Lipinski definition) is 1. The number of hydrogen-bond acceptors (Lipinski definition) is 4. The molecular weight excluding hydrogens is 393 g/mol. The predicted molar refractivity (Wildman–Crippen MR) is 102 cm³/mol. The van der Waals surface area contributed by atoms with E-state index in [2.05, 4.69) is 5.32 Å². The molecular formula is C18H15Cl2N3O4. The molecule has 0 bridgehead atoms. The standard InChI is InChI=1S/C18H15Cl2N3O4/c19-11-1-3-14(13(20)7-11)21-17(24)9-22-5-6-23(18(22)25)12-2-4-15-16(8-12)27-10-26-15/h1-4,7-8H,5-6,9-10H2,(H,21,24). The van der Waals surface area contributed by atoms with Crippen molar-refractivity contribution in [1.82, 2.24) is 4.90 Å². The van der Waals surface area contributed by atoms with Gasteiger partial charge in [0.1, 0.15) is 6.54 Å². The Bertz CT molecular complexity index is 921. The van der Waals surface area contributed by atoms with Crippen molar-refractivity contribution in [3.8, 4) is 11.5 Å². The maximum atomic E-state index is 12.7. The van der Waals surface area contributed by atoms with Gasteiger partial charge in [-0.25, -0.2) is 4.79 Å². The summed E-state index contributed by atoms with van der Waals surface area (Å²) in [5.41, 5.74) is 1.15. The molecule has 3 amide bonds. The Labute approximate surface area is 165 Å². The summed E-state index contributed by atoms with van der Waals surface area (Å²) in [6, 6.07) is 9.87. The SMILES string of the molecule is O=C(CN1CCN(c2ccc3c(c2)OCO3)C1=O)Nc1ccc(Cl)cc1Cl. The van der Waals surface area contributed by atoms with E-state index >= 15 is 0 Å². The third-order valence-corrected chi connectivity index (χ3v) is 4.85. The summed E-state index contributed by atoms with van der Waals surface area (Å²) in [5, 5.41) is 3.51. The van der Waals surface area contributed by atoms with Crippen LogP contribution < -0.4 is 19.7 Å². The molecule has 7 nitrogen and oxygen atoms in total. The first-order valence-electron chi connectivity index (χ1n) is 8.22. The Morgan fingerprint density at radius 1 is 1.07 bits per heavy atom. The molecule has 0 unspecified atom stereocenters. The van der Waals surface area contributed by atoms with Gasteiger partial charge in [-0.1, -0.05) is 23.2 Å². The highest BCUT2D eigenvalue weighted by Crippen LogP contribution is 2.36. The molecule has 9 heteroatoms. The van der Waals surface area contributed by atoms with E-state index in [1.807, 2.05) is 0 Å². The molecule has 0 aromatic heterocycles. The topological polar surface area (TPSA) is 71.1 Å². The van der Waals surface area contributed by atoms with Gasteiger partial charge in [0.25, 0.3) is 0 Å². The predicted octanol–water partition coefficient (Wildman–Crippen LogP) is 3.60. The van der Waals surface area contributed by atoms with Gasteiger partial charge in [0, 0.05) is 29.9 Å². The number of benzene rings is 2. The number of rotatable bonds is 4. The average Bonchev–Trinajstić information content (AvgIpc) is 3.24. The smallest absolute Gasteiger partial charge is 0.325 e.